The van der Waals surface area contributed by atoms with E-state index in [-0.39, 0.29) is 0 Å². The lowest BCUT2D eigenvalue weighted by Crippen LogP contribution is -2.43. The van der Waals surface area contributed by atoms with Gasteiger partial charge in [0.1, 0.15) is 11.5 Å². The van der Waals surface area contributed by atoms with Crippen LogP contribution >= 0.6 is 11.3 Å². The van der Waals surface area contributed by atoms with Gasteiger partial charge in [0.2, 0.25) is 0 Å². The Labute approximate surface area is 178 Å². The van der Waals surface area contributed by atoms with Crippen molar-refractivity contribution in [3.05, 3.63) is 78.5 Å². The Kier molecular flexibility index (Phi) is 5.08. The van der Waals surface area contributed by atoms with Crippen LogP contribution in [0.5, 0.6) is 16.7 Å². The van der Waals surface area contributed by atoms with Gasteiger partial charge in [-0.15, -0.1) is 5.06 Å². The highest BCUT2D eigenvalue weighted by Gasteiger charge is 2.34. The van der Waals surface area contributed by atoms with Gasteiger partial charge in [0.15, 0.2) is 5.65 Å². The predicted octanol–water partition coefficient (Wildman–Crippen LogP) is 4.76. The van der Waals surface area contributed by atoms with Crippen molar-refractivity contribution in [3.8, 4) is 16.7 Å². The normalized spacial score (nSPS) is 16.4. The van der Waals surface area contributed by atoms with Crippen LogP contribution in [0.3, 0.4) is 0 Å². The largest absolute Gasteiger partial charge is 0.431 e. The number of nitrogens with zero attached hydrogens (tertiary/aromatic N) is 3. The number of aromatic nitrogens is 2. The number of hydrogen-bond acceptors (Lipinski definition) is 7. The molecule has 4 aromatic rings. The first-order valence-electron chi connectivity index (χ1n) is 9.88. The molecule has 0 bridgehead atoms. The molecular formula is C23H21N3O3S. The molecule has 0 amide bonds. The summed E-state index contributed by atoms with van der Waals surface area (Å²) in [6.07, 6.45) is 2.98. The number of ether oxygens (including phenoxy) is 1. The second kappa shape index (κ2) is 8.02. The van der Waals surface area contributed by atoms with Crippen LogP contribution in [0.4, 0.5) is 0 Å². The second-order valence-electron chi connectivity index (χ2n) is 7.30. The second-order valence-corrected chi connectivity index (χ2v) is 8.29. The van der Waals surface area contributed by atoms with Gasteiger partial charge in [-0.3, -0.25) is 0 Å². The van der Waals surface area contributed by atoms with Gasteiger partial charge < -0.3 is 14.7 Å². The number of rotatable bonds is 5. The Morgan fingerprint density at radius 2 is 1.63 bits per heavy atom. The summed E-state index contributed by atoms with van der Waals surface area (Å²) in [6.45, 7) is 1.31. The molecule has 6 nitrogen and oxygen atoms in total. The maximum Gasteiger partial charge on any atom is 0.281 e. The number of benzene rings is 2. The zero-order valence-corrected chi connectivity index (χ0v) is 17.1. The number of hydrogen-bond donors (Lipinski definition) is 1. The molecule has 0 saturated carbocycles. The number of thiazole rings is 1. The van der Waals surface area contributed by atoms with Gasteiger partial charge in [0, 0.05) is 19.3 Å². The molecule has 1 N–H and O–H groups in total. The average Bonchev–Trinajstić information content (AvgIpc) is 3.20. The third-order valence-electron chi connectivity index (χ3n) is 5.27. The number of aliphatic hydroxyl groups is 1. The summed E-state index contributed by atoms with van der Waals surface area (Å²) in [5.74, 6) is 1.43. The van der Waals surface area contributed by atoms with Crippen molar-refractivity contribution >= 4 is 21.7 Å². The first-order valence-corrected chi connectivity index (χ1v) is 10.7. The summed E-state index contributed by atoms with van der Waals surface area (Å²) in [4.78, 5) is 14.6. The van der Waals surface area contributed by atoms with E-state index in [0.717, 1.165) is 16.0 Å². The molecule has 3 heterocycles. The Morgan fingerprint density at radius 3 is 2.37 bits per heavy atom. The van der Waals surface area contributed by atoms with Crippen LogP contribution in [0.2, 0.25) is 0 Å². The molecule has 2 aromatic carbocycles. The van der Waals surface area contributed by atoms with E-state index in [4.69, 9.17) is 9.57 Å². The Morgan fingerprint density at radius 1 is 0.900 bits per heavy atom. The van der Waals surface area contributed by atoms with Crippen LogP contribution in [-0.4, -0.2) is 33.2 Å². The average molecular weight is 420 g/mol. The van der Waals surface area contributed by atoms with Crippen molar-refractivity contribution in [1.82, 2.24) is 15.0 Å². The third-order valence-corrected chi connectivity index (χ3v) is 6.16. The number of pyridine rings is 1. The first-order chi connectivity index (χ1) is 14.7. The van der Waals surface area contributed by atoms with Gasteiger partial charge in [-0.1, -0.05) is 41.7 Å². The molecule has 30 heavy (non-hydrogen) atoms. The lowest BCUT2D eigenvalue weighted by atomic mass is 9.85. The van der Waals surface area contributed by atoms with E-state index in [2.05, 4.69) is 9.97 Å². The van der Waals surface area contributed by atoms with Gasteiger partial charge in [0.05, 0.1) is 10.3 Å². The van der Waals surface area contributed by atoms with Crippen LogP contribution in [0.1, 0.15) is 18.4 Å². The maximum absolute atomic E-state index is 10.9. The highest BCUT2D eigenvalue weighted by atomic mass is 32.1. The van der Waals surface area contributed by atoms with E-state index in [0.29, 0.717) is 42.5 Å². The van der Waals surface area contributed by atoms with Crippen molar-refractivity contribution in [3.63, 3.8) is 0 Å². The lowest BCUT2D eigenvalue weighted by molar-refractivity contribution is -0.127. The standard InChI is InChI=1S/C23H21N3O3S/c27-23(17-5-2-1-3-6-17)12-15-26(16-13-23)29-19-10-8-18(9-11-19)28-22-25-21-20(30-22)7-4-14-24-21/h1-11,14,27H,12-13,15-16H2. The number of fused-ring (bicyclic) bond motifs is 1. The Bertz CT molecular complexity index is 1090. The maximum atomic E-state index is 10.9. The minimum absolute atomic E-state index is 0.564. The van der Waals surface area contributed by atoms with E-state index in [1.165, 1.54) is 11.3 Å². The molecule has 152 valence electrons. The van der Waals surface area contributed by atoms with Crippen molar-refractivity contribution in [2.24, 2.45) is 0 Å². The van der Waals surface area contributed by atoms with Gasteiger partial charge in [-0.25, -0.2) is 4.98 Å². The molecular weight excluding hydrogens is 398 g/mol. The minimum atomic E-state index is -0.787. The summed E-state index contributed by atoms with van der Waals surface area (Å²) in [5, 5.41) is 13.4. The van der Waals surface area contributed by atoms with Gasteiger partial charge in [0.25, 0.3) is 5.19 Å². The van der Waals surface area contributed by atoms with E-state index in [9.17, 15) is 5.11 Å². The van der Waals surface area contributed by atoms with Crippen molar-refractivity contribution in [1.29, 1.82) is 0 Å². The predicted molar refractivity (Wildman–Crippen MR) is 116 cm³/mol. The van der Waals surface area contributed by atoms with Crippen molar-refractivity contribution < 1.29 is 14.7 Å². The fraction of sp³-hybridized carbons (Fsp3) is 0.217. The smallest absolute Gasteiger partial charge is 0.281 e. The molecule has 2 aromatic heterocycles. The fourth-order valence-electron chi connectivity index (χ4n) is 3.60. The monoisotopic (exact) mass is 419 g/mol. The zero-order valence-electron chi connectivity index (χ0n) is 16.3. The van der Waals surface area contributed by atoms with Gasteiger partial charge >= 0.3 is 0 Å². The molecule has 0 spiro atoms. The van der Waals surface area contributed by atoms with Crippen LogP contribution in [0.25, 0.3) is 10.3 Å². The van der Waals surface area contributed by atoms with E-state index in [1.807, 2.05) is 71.8 Å². The van der Waals surface area contributed by atoms with Crippen molar-refractivity contribution in [2.45, 2.75) is 18.4 Å². The Hall–Kier alpha value is -3.00. The quantitative estimate of drug-likeness (QED) is 0.503. The van der Waals surface area contributed by atoms with Crippen LogP contribution in [0.15, 0.2) is 72.9 Å². The first kappa shape index (κ1) is 19.0. The minimum Gasteiger partial charge on any atom is -0.431 e. The summed E-state index contributed by atoms with van der Waals surface area (Å²) in [6, 6.07) is 21.2. The van der Waals surface area contributed by atoms with Crippen LogP contribution < -0.4 is 9.57 Å². The van der Waals surface area contributed by atoms with E-state index in [1.54, 1.807) is 6.20 Å². The highest BCUT2D eigenvalue weighted by molar-refractivity contribution is 7.20. The molecule has 1 saturated heterocycles. The number of piperidine rings is 1. The van der Waals surface area contributed by atoms with E-state index >= 15 is 0 Å². The molecule has 0 atom stereocenters. The zero-order chi connectivity index (χ0) is 20.4. The molecule has 1 fully saturated rings. The summed E-state index contributed by atoms with van der Waals surface area (Å²) in [7, 11) is 0. The molecule has 1 aliphatic heterocycles. The van der Waals surface area contributed by atoms with Crippen LogP contribution in [0, 0.1) is 0 Å². The number of hydroxylamine groups is 2. The molecule has 0 radical (unpaired) electrons. The van der Waals surface area contributed by atoms with Crippen molar-refractivity contribution in [2.75, 3.05) is 13.1 Å². The van der Waals surface area contributed by atoms with Gasteiger partial charge in [-0.05, 0) is 54.8 Å². The highest BCUT2D eigenvalue weighted by Crippen LogP contribution is 2.34. The summed E-state index contributed by atoms with van der Waals surface area (Å²) in [5.41, 5.74) is 0.875. The topological polar surface area (TPSA) is 67.7 Å². The Balaban J connectivity index is 1.18. The molecule has 7 heteroatoms. The molecule has 0 aliphatic carbocycles. The lowest BCUT2D eigenvalue weighted by Gasteiger charge is -2.37. The fourth-order valence-corrected chi connectivity index (χ4v) is 4.39. The molecule has 1 aliphatic rings. The summed E-state index contributed by atoms with van der Waals surface area (Å²) < 4.78 is 6.84. The summed E-state index contributed by atoms with van der Waals surface area (Å²) >= 11 is 1.46. The van der Waals surface area contributed by atoms with E-state index < -0.39 is 5.60 Å². The van der Waals surface area contributed by atoms with Crippen LogP contribution in [-0.2, 0) is 5.60 Å². The molecule has 5 rings (SSSR count). The molecule has 0 unspecified atom stereocenters. The van der Waals surface area contributed by atoms with Gasteiger partial charge in [-0.2, -0.15) is 4.98 Å². The third kappa shape index (κ3) is 4.00. The SMILES string of the molecule is OC1(c2ccccc2)CCN(Oc2ccc(Oc3nc4ncccc4s3)cc2)CC1.